The Hall–Kier alpha value is -5.70. The first-order valence-corrected chi connectivity index (χ1v) is 16.5. The average Bonchev–Trinajstić information content (AvgIpc) is 3.51. The smallest absolute Gasteiger partial charge is 0.0540 e. The highest BCUT2D eigenvalue weighted by molar-refractivity contribution is 7.26. The lowest BCUT2D eigenvalue weighted by Gasteiger charge is -2.28. The average molecular weight is 604 g/mol. The standard InChI is InChI=1S/C44H29NS/c1-2-13-32-27-34(26-25-30(32)11-1)33-15-7-17-36(28-33)45(42-23-9-14-31-12-3-4-19-38(31)42)37-18-8-16-35(29-37)39-21-10-22-41-40-20-5-6-24-43(40)46-44(39)41/h1-29H. The second-order valence-corrected chi connectivity index (χ2v) is 12.8. The molecule has 0 aliphatic rings. The van der Waals surface area contributed by atoms with Gasteiger partial charge in [-0.25, -0.2) is 0 Å². The normalized spacial score (nSPS) is 11.5. The van der Waals surface area contributed by atoms with Crippen LogP contribution < -0.4 is 4.90 Å². The van der Waals surface area contributed by atoms with Gasteiger partial charge in [0.1, 0.15) is 0 Å². The zero-order valence-corrected chi connectivity index (χ0v) is 25.9. The van der Waals surface area contributed by atoms with Gasteiger partial charge in [-0.1, -0.05) is 133 Å². The maximum absolute atomic E-state index is 2.42. The van der Waals surface area contributed by atoms with Crippen molar-refractivity contribution in [2.24, 2.45) is 0 Å². The molecule has 8 aromatic carbocycles. The number of benzene rings is 8. The molecule has 1 heterocycles. The predicted molar refractivity (Wildman–Crippen MR) is 200 cm³/mol. The molecule has 0 amide bonds. The molecule has 0 spiro atoms. The lowest BCUT2D eigenvalue weighted by molar-refractivity contribution is 1.30. The number of nitrogens with zero attached hydrogens (tertiary/aromatic N) is 1. The van der Waals surface area contributed by atoms with Crippen LogP contribution in [0.15, 0.2) is 176 Å². The molecule has 0 saturated heterocycles. The molecule has 0 aliphatic carbocycles. The highest BCUT2D eigenvalue weighted by atomic mass is 32.1. The van der Waals surface area contributed by atoms with E-state index in [1.165, 1.54) is 64.0 Å². The molecule has 0 radical (unpaired) electrons. The Morgan fingerprint density at radius 2 is 0.978 bits per heavy atom. The van der Waals surface area contributed by atoms with Crippen LogP contribution in [0.5, 0.6) is 0 Å². The third-order valence-electron chi connectivity index (χ3n) is 9.01. The van der Waals surface area contributed by atoms with Gasteiger partial charge in [-0.2, -0.15) is 0 Å². The summed E-state index contributed by atoms with van der Waals surface area (Å²) < 4.78 is 2.65. The third kappa shape index (κ3) is 4.54. The SMILES string of the molecule is c1cc(-c2ccc3ccccc3c2)cc(N(c2cccc(-c3cccc4c3sc3ccccc34)c2)c2cccc3ccccc23)c1. The van der Waals surface area contributed by atoms with Crippen molar-refractivity contribution >= 4 is 70.1 Å². The quantitative estimate of drug-likeness (QED) is 0.189. The molecule has 1 nitrogen and oxygen atoms in total. The van der Waals surface area contributed by atoms with E-state index in [1.54, 1.807) is 0 Å². The van der Waals surface area contributed by atoms with Crippen LogP contribution >= 0.6 is 11.3 Å². The molecule has 0 atom stereocenters. The van der Waals surface area contributed by atoms with Crippen LogP contribution in [0.2, 0.25) is 0 Å². The third-order valence-corrected chi connectivity index (χ3v) is 10.2. The minimum absolute atomic E-state index is 1.12. The van der Waals surface area contributed by atoms with Gasteiger partial charge in [0.2, 0.25) is 0 Å². The molecule has 0 fully saturated rings. The summed E-state index contributed by atoms with van der Waals surface area (Å²) >= 11 is 1.88. The van der Waals surface area contributed by atoms with E-state index >= 15 is 0 Å². The van der Waals surface area contributed by atoms with Crippen molar-refractivity contribution in [3.63, 3.8) is 0 Å². The molecule has 2 heteroatoms. The van der Waals surface area contributed by atoms with E-state index in [0.29, 0.717) is 0 Å². The van der Waals surface area contributed by atoms with Gasteiger partial charge >= 0.3 is 0 Å². The van der Waals surface area contributed by atoms with Crippen molar-refractivity contribution in [1.82, 2.24) is 0 Å². The number of hydrogen-bond acceptors (Lipinski definition) is 2. The monoisotopic (exact) mass is 603 g/mol. The molecule has 0 unspecified atom stereocenters. The van der Waals surface area contributed by atoms with Crippen LogP contribution in [0.25, 0.3) is 64.0 Å². The molecule has 9 rings (SSSR count). The molecule has 0 N–H and O–H groups in total. The van der Waals surface area contributed by atoms with Crippen LogP contribution in [-0.4, -0.2) is 0 Å². The number of rotatable bonds is 5. The fourth-order valence-electron chi connectivity index (χ4n) is 6.81. The Balaban J connectivity index is 1.24. The Morgan fingerprint density at radius 3 is 1.85 bits per heavy atom. The second-order valence-electron chi connectivity index (χ2n) is 11.8. The van der Waals surface area contributed by atoms with Crippen molar-refractivity contribution < 1.29 is 0 Å². The van der Waals surface area contributed by atoms with Gasteiger partial charge in [0, 0.05) is 36.9 Å². The van der Waals surface area contributed by atoms with Crippen LogP contribution in [0.3, 0.4) is 0 Å². The van der Waals surface area contributed by atoms with Crippen LogP contribution in [0.4, 0.5) is 17.1 Å². The molecule has 9 aromatic rings. The Labute approximate surface area is 272 Å². The Bertz CT molecular complexity index is 2550. The largest absolute Gasteiger partial charge is 0.310 e. The maximum atomic E-state index is 2.42. The van der Waals surface area contributed by atoms with E-state index in [9.17, 15) is 0 Å². The lowest BCUT2D eigenvalue weighted by Crippen LogP contribution is -2.10. The van der Waals surface area contributed by atoms with E-state index in [0.717, 1.165) is 17.1 Å². The van der Waals surface area contributed by atoms with Gasteiger partial charge in [-0.15, -0.1) is 11.3 Å². The summed E-state index contributed by atoms with van der Waals surface area (Å²) in [7, 11) is 0. The number of anilines is 3. The van der Waals surface area contributed by atoms with Gasteiger partial charge in [-0.05, 0) is 80.9 Å². The first-order chi connectivity index (χ1) is 22.8. The van der Waals surface area contributed by atoms with Crippen LogP contribution in [0, 0.1) is 0 Å². The van der Waals surface area contributed by atoms with Gasteiger partial charge < -0.3 is 4.90 Å². The van der Waals surface area contributed by atoms with Crippen molar-refractivity contribution in [3.05, 3.63) is 176 Å². The van der Waals surface area contributed by atoms with Gasteiger partial charge in [-0.3, -0.25) is 0 Å². The van der Waals surface area contributed by atoms with E-state index < -0.39 is 0 Å². The molecule has 0 saturated carbocycles. The Kier molecular flexibility index (Phi) is 6.40. The number of thiophene rings is 1. The fraction of sp³-hybridized carbons (Fsp3) is 0. The zero-order valence-electron chi connectivity index (χ0n) is 25.1. The van der Waals surface area contributed by atoms with Crippen LogP contribution in [-0.2, 0) is 0 Å². The highest BCUT2D eigenvalue weighted by Crippen LogP contribution is 2.44. The molecule has 46 heavy (non-hydrogen) atoms. The fourth-order valence-corrected chi connectivity index (χ4v) is 8.05. The number of hydrogen-bond donors (Lipinski definition) is 0. The van der Waals surface area contributed by atoms with E-state index in [2.05, 4.69) is 181 Å². The molecular weight excluding hydrogens is 575 g/mol. The molecule has 0 aliphatic heterocycles. The van der Waals surface area contributed by atoms with Gasteiger partial charge in [0.25, 0.3) is 0 Å². The van der Waals surface area contributed by atoms with Crippen molar-refractivity contribution in [1.29, 1.82) is 0 Å². The summed E-state index contributed by atoms with van der Waals surface area (Å²) in [4.78, 5) is 2.42. The van der Waals surface area contributed by atoms with Crippen molar-refractivity contribution in [2.45, 2.75) is 0 Å². The minimum Gasteiger partial charge on any atom is -0.310 e. The summed E-state index contributed by atoms with van der Waals surface area (Å²) in [5, 5.41) is 7.59. The summed E-state index contributed by atoms with van der Waals surface area (Å²) in [6.45, 7) is 0. The maximum Gasteiger partial charge on any atom is 0.0540 e. The molecule has 216 valence electrons. The lowest BCUT2D eigenvalue weighted by atomic mass is 9.99. The number of fused-ring (bicyclic) bond motifs is 5. The topological polar surface area (TPSA) is 3.24 Å². The van der Waals surface area contributed by atoms with E-state index in [4.69, 9.17) is 0 Å². The predicted octanol–water partition coefficient (Wildman–Crippen LogP) is 13.2. The molecular formula is C44H29NS. The second kappa shape index (κ2) is 11.0. The summed E-state index contributed by atoms with van der Waals surface area (Å²) in [5.74, 6) is 0. The van der Waals surface area contributed by atoms with Crippen LogP contribution in [0.1, 0.15) is 0 Å². The van der Waals surface area contributed by atoms with E-state index in [1.807, 2.05) is 11.3 Å². The summed E-state index contributed by atoms with van der Waals surface area (Å²) in [5.41, 5.74) is 8.30. The molecule has 1 aromatic heterocycles. The highest BCUT2D eigenvalue weighted by Gasteiger charge is 2.18. The first kappa shape index (κ1) is 26.7. The Morgan fingerprint density at radius 1 is 0.370 bits per heavy atom. The minimum atomic E-state index is 1.12. The van der Waals surface area contributed by atoms with Gasteiger partial charge in [0.15, 0.2) is 0 Å². The first-order valence-electron chi connectivity index (χ1n) is 15.7. The zero-order chi connectivity index (χ0) is 30.5. The van der Waals surface area contributed by atoms with Crippen molar-refractivity contribution in [2.75, 3.05) is 4.90 Å². The summed E-state index contributed by atoms with van der Waals surface area (Å²) in [6.07, 6.45) is 0. The van der Waals surface area contributed by atoms with Crippen molar-refractivity contribution in [3.8, 4) is 22.3 Å². The summed E-state index contributed by atoms with van der Waals surface area (Å²) in [6, 6.07) is 64.0. The van der Waals surface area contributed by atoms with E-state index in [-0.39, 0.29) is 0 Å². The van der Waals surface area contributed by atoms with Gasteiger partial charge in [0.05, 0.1) is 5.69 Å². The molecule has 0 bridgehead atoms.